The van der Waals surface area contributed by atoms with Crippen molar-refractivity contribution in [2.45, 2.75) is 45.6 Å². The Hall–Kier alpha value is -0.0400. The highest BCUT2D eigenvalue weighted by molar-refractivity contribution is 14.0. The van der Waals surface area contributed by atoms with E-state index in [2.05, 4.69) is 24.2 Å². The minimum atomic E-state index is 0. The van der Waals surface area contributed by atoms with Crippen molar-refractivity contribution >= 4 is 29.9 Å². The molecule has 0 spiro atoms. The van der Waals surface area contributed by atoms with E-state index in [1.165, 1.54) is 12.8 Å². The summed E-state index contributed by atoms with van der Waals surface area (Å²) in [7, 11) is 1.75. The van der Waals surface area contributed by atoms with Gasteiger partial charge in [-0.1, -0.05) is 6.92 Å². The SMILES string of the molecule is CCC(C)NC(N)=NCC1(CCOC)CC1.I. The molecular weight excluding hydrogens is 329 g/mol. The summed E-state index contributed by atoms with van der Waals surface area (Å²) in [6.07, 6.45) is 4.68. The Kier molecular flexibility index (Phi) is 8.11. The monoisotopic (exact) mass is 355 g/mol. The van der Waals surface area contributed by atoms with Crippen LogP contribution >= 0.6 is 24.0 Å². The molecule has 0 aromatic heterocycles. The summed E-state index contributed by atoms with van der Waals surface area (Å²) in [4.78, 5) is 4.43. The van der Waals surface area contributed by atoms with Gasteiger partial charge in [-0.3, -0.25) is 4.99 Å². The Morgan fingerprint density at radius 1 is 1.53 bits per heavy atom. The molecule has 3 N–H and O–H groups in total. The first kappa shape index (κ1) is 17.0. The molecule has 5 heteroatoms. The molecule has 0 radical (unpaired) electrons. The van der Waals surface area contributed by atoms with Crippen molar-refractivity contribution in [1.82, 2.24) is 5.32 Å². The molecule has 1 aliphatic carbocycles. The van der Waals surface area contributed by atoms with Crippen LogP contribution in [0.4, 0.5) is 0 Å². The predicted octanol–water partition coefficient (Wildman–Crippen LogP) is 2.12. The lowest BCUT2D eigenvalue weighted by molar-refractivity contribution is 0.174. The van der Waals surface area contributed by atoms with E-state index in [0.29, 0.717) is 17.4 Å². The molecule has 1 atom stereocenters. The molecular formula is C12H26IN3O. The minimum Gasteiger partial charge on any atom is -0.385 e. The Balaban J connectivity index is 0.00000256. The quantitative estimate of drug-likeness (QED) is 0.418. The molecule has 0 aromatic rings. The first-order valence-corrected chi connectivity index (χ1v) is 6.17. The Morgan fingerprint density at radius 2 is 2.18 bits per heavy atom. The molecule has 0 amide bonds. The van der Waals surface area contributed by atoms with Crippen LogP contribution < -0.4 is 11.1 Å². The zero-order valence-corrected chi connectivity index (χ0v) is 13.5. The van der Waals surface area contributed by atoms with Gasteiger partial charge in [0.05, 0.1) is 0 Å². The Bertz CT molecular complexity index is 242. The van der Waals surface area contributed by atoms with Gasteiger partial charge in [-0.25, -0.2) is 0 Å². The Labute approximate surface area is 122 Å². The van der Waals surface area contributed by atoms with Crippen molar-refractivity contribution < 1.29 is 4.74 Å². The maximum Gasteiger partial charge on any atom is 0.188 e. The first-order valence-electron chi connectivity index (χ1n) is 6.17. The standard InChI is InChI=1S/C12H25N3O.HI/c1-4-10(2)15-11(13)14-9-12(5-6-12)7-8-16-3;/h10H,4-9H2,1-3H3,(H3,13,14,15);1H. The molecule has 1 rings (SSSR count). The van der Waals surface area contributed by atoms with Crippen LogP contribution in [0.3, 0.4) is 0 Å². The molecule has 0 aromatic carbocycles. The van der Waals surface area contributed by atoms with Crippen LogP contribution in [0.2, 0.25) is 0 Å². The molecule has 0 bridgehead atoms. The summed E-state index contributed by atoms with van der Waals surface area (Å²) in [5, 5.41) is 3.18. The molecule has 0 aliphatic heterocycles. The van der Waals surface area contributed by atoms with Gasteiger partial charge in [0.15, 0.2) is 5.96 Å². The fraction of sp³-hybridized carbons (Fsp3) is 0.917. The molecule has 4 nitrogen and oxygen atoms in total. The second-order valence-corrected chi connectivity index (χ2v) is 4.90. The number of halogens is 1. The lowest BCUT2D eigenvalue weighted by Gasteiger charge is -2.14. The lowest BCUT2D eigenvalue weighted by Crippen LogP contribution is -2.38. The summed E-state index contributed by atoms with van der Waals surface area (Å²) in [5.74, 6) is 0.582. The van der Waals surface area contributed by atoms with Crippen molar-refractivity contribution in [3.63, 3.8) is 0 Å². The Morgan fingerprint density at radius 3 is 2.65 bits per heavy atom. The van der Waals surface area contributed by atoms with E-state index in [4.69, 9.17) is 10.5 Å². The van der Waals surface area contributed by atoms with Gasteiger partial charge in [-0.2, -0.15) is 0 Å². The van der Waals surface area contributed by atoms with E-state index in [0.717, 1.165) is 26.0 Å². The zero-order chi connectivity index (χ0) is 12.0. The summed E-state index contributed by atoms with van der Waals surface area (Å²) in [6.45, 7) is 5.91. The second-order valence-electron chi connectivity index (χ2n) is 4.90. The highest BCUT2D eigenvalue weighted by Crippen LogP contribution is 2.48. The van der Waals surface area contributed by atoms with Crippen molar-refractivity contribution in [2.24, 2.45) is 16.1 Å². The number of rotatable bonds is 7. The normalized spacial score (nSPS) is 19.4. The fourth-order valence-electron chi connectivity index (χ4n) is 1.64. The van der Waals surface area contributed by atoms with Gasteiger partial charge in [-0.05, 0) is 38.0 Å². The summed E-state index contributed by atoms with van der Waals surface area (Å²) >= 11 is 0. The number of nitrogens with zero attached hydrogens (tertiary/aromatic N) is 1. The highest BCUT2D eigenvalue weighted by Gasteiger charge is 2.41. The van der Waals surface area contributed by atoms with Crippen molar-refractivity contribution in [2.75, 3.05) is 20.3 Å². The van der Waals surface area contributed by atoms with Gasteiger partial charge >= 0.3 is 0 Å². The third-order valence-electron chi connectivity index (χ3n) is 3.39. The summed E-state index contributed by atoms with van der Waals surface area (Å²) in [6, 6.07) is 0.401. The van der Waals surface area contributed by atoms with Crippen molar-refractivity contribution in [3.8, 4) is 0 Å². The lowest BCUT2D eigenvalue weighted by atomic mass is 10.0. The van der Waals surface area contributed by atoms with E-state index in [1.54, 1.807) is 7.11 Å². The molecule has 17 heavy (non-hydrogen) atoms. The van der Waals surface area contributed by atoms with E-state index in [-0.39, 0.29) is 24.0 Å². The molecule has 1 unspecified atom stereocenters. The van der Waals surface area contributed by atoms with E-state index >= 15 is 0 Å². The van der Waals surface area contributed by atoms with Gasteiger partial charge in [0.1, 0.15) is 0 Å². The van der Waals surface area contributed by atoms with Crippen LogP contribution in [0.5, 0.6) is 0 Å². The van der Waals surface area contributed by atoms with Crippen LogP contribution in [0.15, 0.2) is 4.99 Å². The van der Waals surface area contributed by atoms with Crippen molar-refractivity contribution in [3.05, 3.63) is 0 Å². The zero-order valence-electron chi connectivity index (χ0n) is 11.2. The molecule has 1 fully saturated rings. The average molecular weight is 355 g/mol. The summed E-state index contributed by atoms with van der Waals surface area (Å²) in [5.41, 5.74) is 6.21. The third-order valence-corrected chi connectivity index (χ3v) is 3.39. The van der Waals surface area contributed by atoms with Crippen molar-refractivity contribution in [1.29, 1.82) is 0 Å². The molecule has 0 heterocycles. The molecule has 1 saturated carbocycles. The summed E-state index contributed by atoms with van der Waals surface area (Å²) < 4.78 is 5.11. The van der Waals surface area contributed by atoms with Gasteiger partial charge in [0.2, 0.25) is 0 Å². The number of guanidine groups is 1. The van der Waals surface area contributed by atoms with E-state index in [9.17, 15) is 0 Å². The van der Waals surface area contributed by atoms with Crippen LogP contribution in [0.1, 0.15) is 39.5 Å². The largest absolute Gasteiger partial charge is 0.385 e. The van der Waals surface area contributed by atoms with E-state index < -0.39 is 0 Å². The third kappa shape index (κ3) is 6.45. The predicted molar refractivity (Wildman–Crippen MR) is 83.0 cm³/mol. The highest BCUT2D eigenvalue weighted by atomic mass is 127. The van der Waals surface area contributed by atoms with Gasteiger partial charge in [0.25, 0.3) is 0 Å². The number of ether oxygens (including phenoxy) is 1. The number of nitrogens with one attached hydrogen (secondary N) is 1. The number of hydrogen-bond donors (Lipinski definition) is 2. The van der Waals surface area contributed by atoms with Gasteiger partial charge in [-0.15, -0.1) is 24.0 Å². The number of aliphatic imine (C=N–C) groups is 1. The van der Waals surface area contributed by atoms with E-state index in [1.807, 2.05) is 0 Å². The maximum absolute atomic E-state index is 5.82. The second kappa shape index (κ2) is 8.13. The number of hydrogen-bond acceptors (Lipinski definition) is 2. The average Bonchev–Trinajstić information content (AvgIpc) is 3.04. The minimum absolute atomic E-state index is 0. The smallest absolute Gasteiger partial charge is 0.188 e. The number of methoxy groups -OCH3 is 1. The van der Waals surface area contributed by atoms with Crippen LogP contribution in [0, 0.1) is 5.41 Å². The molecule has 1 aliphatic rings. The molecule has 102 valence electrons. The fourth-order valence-corrected chi connectivity index (χ4v) is 1.64. The van der Waals surface area contributed by atoms with Crippen LogP contribution in [-0.4, -0.2) is 32.3 Å². The molecule has 0 saturated heterocycles. The van der Waals surface area contributed by atoms with Gasteiger partial charge < -0.3 is 15.8 Å². The maximum atomic E-state index is 5.82. The van der Waals surface area contributed by atoms with Crippen LogP contribution in [-0.2, 0) is 4.74 Å². The number of nitrogens with two attached hydrogens (primary N) is 1. The first-order chi connectivity index (χ1) is 7.62. The van der Waals surface area contributed by atoms with Crippen LogP contribution in [0.25, 0.3) is 0 Å². The van der Waals surface area contributed by atoms with Gasteiger partial charge in [0, 0.05) is 26.3 Å². The topological polar surface area (TPSA) is 59.6 Å².